The smallest absolute Gasteiger partial charge is 0.326 e. The fraction of sp³-hybridized carbons (Fsp3) is 0.857. The maximum atomic E-state index is 12.1. The van der Waals surface area contributed by atoms with Gasteiger partial charge in [0.25, 0.3) is 0 Å². The number of halogens is 1. The van der Waals surface area contributed by atoms with Gasteiger partial charge in [0, 0.05) is 5.92 Å². The number of nitrogens with two attached hydrogens (primary N) is 1. The SMILES string of the molecule is CCOC(=O)[C@H]1[C@H]2[C@@H]1[C@](N)(C(=O)OCC)CC21CC1.Cl. The predicted molar refractivity (Wildman–Crippen MR) is 74.2 cm³/mol. The Morgan fingerprint density at radius 1 is 1.15 bits per heavy atom. The molecule has 0 bridgehead atoms. The summed E-state index contributed by atoms with van der Waals surface area (Å²) in [6.45, 7) is 4.27. The normalized spacial score (nSPS) is 38.6. The fourth-order valence-corrected chi connectivity index (χ4v) is 4.21. The molecule has 0 aromatic carbocycles. The topological polar surface area (TPSA) is 78.6 Å². The molecule has 3 fully saturated rings. The van der Waals surface area contributed by atoms with Gasteiger partial charge in [-0.25, -0.2) is 0 Å². The van der Waals surface area contributed by atoms with E-state index in [-0.39, 0.29) is 47.5 Å². The number of hydrogen-bond donors (Lipinski definition) is 1. The molecule has 2 N–H and O–H groups in total. The summed E-state index contributed by atoms with van der Waals surface area (Å²) in [6.07, 6.45) is 2.81. The van der Waals surface area contributed by atoms with Crippen LogP contribution in [0.15, 0.2) is 0 Å². The van der Waals surface area contributed by atoms with Crippen molar-refractivity contribution < 1.29 is 19.1 Å². The highest BCUT2D eigenvalue weighted by molar-refractivity contribution is 5.87. The molecule has 0 saturated heterocycles. The average molecular weight is 304 g/mol. The van der Waals surface area contributed by atoms with Gasteiger partial charge in [0.1, 0.15) is 5.54 Å². The Morgan fingerprint density at radius 3 is 2.25 bits per heavy atom. The number of esters is 2. The van der Waals surface area contributed by atoms with Crippen LogP contribution >= 0.6 is 12.4 Å². The number of carbonyl (C=O) groups is 2. The summed E-state index contributed by atoms with van der Waals surface area (Å²) >= 11 is 0. The molecule has 0 radical (unpaired) electrons. The molecule has 3 aliphatic rings. The standard InChI is InChI=1S/C14H21NO4.ClH/c1-3-18-11(16)8-9-10(8)14(15,12(17)19-4-2)7-13(9)5-6-13;/h8-10H,3-7,15H2,1-2H3;1H/t8-,9-,10+,14-;/m0./s1. The number of ether oxygens (including phenoxy) is 2. The maximum Gasteiger partial charge on any atom is 0.326 e. The summed E-state index contributed by atoms with van der Waals surface area (Å²) < 4.78 is 10.2. The second kappa shape index (κ2) is 4.88. The van der Waals surface area contributed by atoms with E-state index >= 15 is 0 Å². The van der Waals surface area contributed by atoms with Gasteiger partial charge in [0.2, 0.25) is 0 Å². The molecule has 5 nitrogen and oxygen atoms in total. The van der Waals surface area contributed by atoms with E-state index in [0.29, 0.717) is 19.6 Å². The minimum absolute atomic E-state index is 0. The quantitative estimate of drug-likeness (QED) is 0.792. The molecule has 0 aromatic rings. The second-order valence-corrected chi connectivity index (χ2v) is 6.13. The van der Waals surface area contributed by atoms with Gasteiger partial charge in [-0.05, 0) is 44.4 Å². The highest BCUT2D eigenvalue weighted by Gasteiger charge is 2.81. The van der Waals surface area contributed by atoms with E-state index in [1.807, 2.05) is 0 Å². The van der Waals surface area contributed by atoms with Gasteiger partial charge in [-0.1, -0.05) is 0 Å². The van der Waals surface area contributed by atoms with Gasteiger partial charge < -0.3 is 15.2 Å². The number of hydrogen-bond acceptors (Lipinski definition) is 5. The Morgan fingerprint density at radius 2 is 1.75 bits per heavy atom. The molecule has 4 atom stereocenters. The zero-order valence-corrected chi connectivity index (χ0v) is 12.7. The Bertz CT molecular complexity index is 437. The third kappa shape index (κ3) is 1.94. The number of rotatable bonds is 4. The third-order valence-corrected chi connectivity index (χ3v) is 5.07. The first-order chi connectivity index (χ1) is 9.00. The summed E-state index contributed by atoms with van der Waals surface area (Å²) in [4.78, 5) is 24.1. The van der Waals surface area contributed by atoms with Crippen LogP contribution in [-0.2, 0) is 19.1 Å². The molecule has 0 amide bonds. The molecule has 6 heteroatoms. The largest absolute Gasteiger partial charge is 0.466 e. The van der Waals surface area contributed by atoms with Crippen molar-refractivity contribution in [1.82, 2.24) is 0 Å². The van der Waals surface area contributed by atoms with Crippen molar-refractivity contribution >= 4 is 24.3 Å². The van der Waals surface area contributed by atoms with Crippen molar-refractivity contribution in [2.24, 2.45) is 28.9 Å². The van der Waals surface area contributed by atoms with Gasteiger partial charge in [-0.3, -0.25) is 9.59 Å². The predicted octanol–water partition coefficient (Wildman–Crippen LogP) is 1.28. The molecule has 0 aromatic heterocycles. The van der Waals surface area contributed by atoms with Crippen molar-refractivity contribution in [2.45, 2.75) is 38.6 Å². The van der Waals surface area contributed by atoms with Crippen molar-refractivity contribution in [3.05, 3.63) is 0 Å². The lowest BCUT2D eigenvalue weighted by molar-refractivity contribution is -0.152. The van der Waals surface area contributed by atoms with E-state index in [9.17, 15) is 9.59 Å². The molecule has 3 rings (SSSR count). The van der Waals surface area contributed by atoms with Crippen molar-refractivity contribution in [1.29, 1.82) is 0 Å². The summed E-state index contributed by atoms with van der Waals surface area (Å²) in [5, 5.41) is 0. The van der Waals surface area contributed by atoms with E-state index in [4.69, 9.17) is 15.2 Å². The van der Waals surface area contributed by atoms with Crippen molar-refractivity contribution in [2.75, 3.05) is 13.2 Å². The molecule has 1 spiro atoms. The van der Waals surface area contributed by atoms with Crippen molar-refractivity contribution in [3.63, 3.8) is 0 Å². The Hall–Kier alpha value is -0.810. The molecule has 20 heavy (non-hydrogen) atoms. The molecular formula is C14H22ClNO4. The monoisotopic (exact) mass is 303 g/mol. The molecule has 0 heterocycles. The van der Waals surface area contributed by atoms with Crippen LogP contribution in [0.1, 0.15) is 33.1 Å². The van der Waals surface area contributed by atoms with Gasteiger partial charge in [-0.15, -0.1) is 12.4 Å². The van der Waals surface area contributed by atoms with Crippen LogP contribution in [-0.4, -0.2) is 30.7 Å². The summed E-state index contributed by atoms with van der Waals surface area (Å²) in [6, 6.07) is 0. The summed E-state index contributed by atoms with van der Waals surface area (Å²) in [5.74, 6) is -0.567. The van der Waals surface area contributed by atoms with Crippen LogP contribution in [0.4, 0.5) is 0 Å². The molecule has 3 aliphatic carbocycles. The van der Waals surface area contributed by atoms with Crippen molar-refractivity contribution in [3.8, 4) is 0 Å². The number of fused-ring (bicyclic) bond motifs is 2. The van der Waals surface area contributed by atoms with Crippen LogP contribution in [0, 0.1) is 23.2 Å². The highest BCUT2D eigenvalue weighted by atomic mass is 35.5. The zero-order chi connectivity index (χ0) is 13.8. The lowest BCUT2D eigenvalue weighted by Crippen LogP contribution is -2.51. The van der Waals surface area contributed by atoms with E-state index in [0.717, 1.165) is 12.8 Å². The van der Waals surface area contributed by atoms with Gasteiger partial charge in [-0.2, -0.15) is 0 Å². The molecular weight excluding hydrogens is 282 g/mol. The van der Waals surface area contributed by atoms with E-state index in [1.54, 1.807) is 13.8 Å². The van der Waals surface area contributed by atoms with Gasteiger partial charge in [0.15, 0.2) is 0 Å². The first-order valence-corrected chi connectivity index (χ1v) is 7.13. The zero-order valence-electron chi connectivity index (χ0n) is 11.9. The van der Waals surface area contributed by atoms with Crippen LogP contribution in [0.3, 0.4) is 0 Å². The van der Waals surface area contributed by atoms with E-state index < -0.39 is 5.54 Å². The third-order valence-electron chi connectivity index (χ3n) is 5.07. The molecule has 114 valence electrons. The minimum atomic E-state index is -0.978. The Kier molecular flexibility index (Phi) is 3.80. The highest BCUT2D eigenvalue weighted by Crippen LogP contribution is 2.78. The summed E-state index contributed by atoms with van der Waals surface area (Å²) in [5.41, 5.74) is 5.47. The van der Waals surface area contributed by atoms with Crippen LogP contribution in [0.25, 0.3) is 0 Å². The average Bonchev–Trinajstić information content (AvgIpc) is 3.20. The van der Waals surface area contributed by atoms with Crippen LogP contribution in [0.5, 0.6) is 0 Å². The lowest BCUT2D eigenvalue weighted by Gasteiger charge is -2.27. The maximum absolute atomic E-state index is 12.1. The van der Waals surface area contributed by atoms with Gasteiger partial charge >= 0.3 is 11.9 Å². The van der Waals surface area contributed by atoms with Crippen LogP contribution < -0.4 is 5.73 Å². The first kappa shape index (κ1) is 15.6. The molecule has 3 saturated carbocycles. The molecule has 0 aliphatic heterocycles. The Labute approximate surface area is 125 Å². The number of carbonyl (C=O) groups excluding carboxylic acids is 2. The summed E-state index contributed by atoms with van der Waals surface area (Å²) in [7, 11) is 0. The minimum Gasteiger partial charge on any atom is -0.466 e. The molecule has 0 unspecified atom stereocenters. The fourth-order valence-electron chi connectivity index (χ4n) is 4.21. The van der Waals surface area contributed by atoms with E-state index in [2.05, 4.69) is 0 Å². The second-order valence-electron chi connectivity index (χ2n) is 6.13. The van der Waals surface area contributed by atoms with E-state index in [1.165, 1.54) is 0 Å². The first-order valence-electron chi connectivity index (χ1n) is 7.13. The van der Waals surface area contributed by atoms with Crippen LogP contribution in [0.2, 0.25) is 0 Å². The Balaban J connectivity index is 0.00000147. The lowest BCUT2D eigenvalue weighted by atomic mass is 9.86. The van der Waals surface area contributed by atoms with Gasteiger partial charge in [0.05, 0.1) is 19.1 Å².